The molecule has 0 radical (unpaired) electrons. The lowest BCUT2D eigenvalue weighted by Crippen LogP contribution is -2.03. The summed E-state index contributed by atoms with van der Waals surface area (Å²) >= 11 is 0. The first-order valence-electron chi connectivity index (χ1n) is 6.88. The number of rotatable bonds is 4. The van der Waals surface area contributed by atoms with E-state index in [1.54, 1.807) is 0 Å². The standard InChI is InChI=1S/C17H12F2O5/c1-22-14-6-9(2-5-12(14)24-17(18)19)7-15-16(21)11-4-3-10(20)8-13(11)23-15/h2-8,17,20H,1H3. The van der Waals surface area contributed by atoms with E-state index in [0.29, 0.717) is 11.1 Å². The SMILES string of the molecule is COc1cc(C=C2Oc3cc(O)ccc3C2=O)ccc1OC(F)F. The van der Waals surface area contributed by atoms with Crippen LogP contribution in [0.25, 0.3) is 6.08 Å². The summed E-state index contributed by atoms with van der Waals surface area (Å²) in [4.78, 5) is 12.2. The zero-order valence-electron chi connectivity index (χ0n) is 12.5. The molecule has 0 unspecified atom stereocenters. The predicted molar refractivity (Wildman–Crippen MR) is 80.7 cm³/mol. The van der Waals surface area contributed by atoms with E-state index in [9.17, 15) is 18.7 Å². The van der Waals surface area contributed by atoms with Gasteiger partial charge in [-0.25, -0.2) is 0 Å². The van der Waals surface area contributed by atoms with Gasteiger partial charge in [0.05, 0.1) is 12.7 Å². The number of hydrogen-bond donors (Lipinski definition) is 1. The third-order valence-corrected chi connectivity index (χ3v) is 3.36. The summed E-state index contributed by atoms with van der Waals surface area (Å²) < 4.78 is 39.4. The Hall–Kier alpha value is -3.09. The summed E-state index contributed by atoms with van der Waals surface area (Å²) in [6.07, 6.45) is 1.45. The number of hydrogen-bond acceptors (Lipinski definition) is 5. The summed E-state index contributed by atoms with van der Waals surface area (Å²) in [5, 5.41) is 9.43. The van der Waals surface area contributed by atoms with Crippen molar-refractivity contribution in [3.8, 4) is 23.0 Å². The molecule has 1 heterocycles. The van der Waals surface area contributed by atoms with Crippen LogP contribution in [0.4, 0.5) is 8.78 Å². The first-order chi connectivity index (χ1) is 11.5. The third-order valence-electron chi connectivity index (χ3n) is 3.36. The van der Waals surface area contributed by atoms with Gasteiger partial charge in [0.2, 0.25) is 5.78 Å². The molecule has 3 rings (SSSR count). The lowest BCUT2D eigenvalue weighted by Gasteiger charge is -2.10. The van der Waals surface area contributed by atoms with Gasteiger partial charge in [-0.1, -0.05) is 6.07 Å². The van der Waals surface area contributed by atoms with Crippen molar-refractivity contribution in [3.05, 3.63) is 53.3 Å². The van der Waals surface area contributed by atoms with Gasteiger partial charge in [0.25, 0.3) is 0 Å². The number of methoxy groups -OCH3 is 1. The van der Waals surface area contributed by atoms with E-state index in [2.05, 4.69) is 4.74 Å². The highest BCUT2D eigenvalue weighted by atomic mass is 19.3. The van der Waals surface area contributed by atoms with Gasteiger partial charge in [-0.05, 0) is 35.9 Å². The Morgan fingerprint density at radius 3 is 2.67 bits per heavy atom. The first-order valence-corrected chi connectivity index (χ1v) is 6.88. The van der Waals surface area contributed by atoms with Crippen LogP contribution in [0.15, 0.2) is 42.2 Å². The van der Waals surface area contributed by atoms with Crippen LogP contribution in [0.2, 0.25) is 0 Å². The second kappa shape index (κ2) is 6.19. The monoisotopic (exact) mass is 334 g/mol. The van der Waals surface area contributed by atoms with Crippen LogP contribution in [-0.4, -0.2) is 24.6 Å². The maximum atomic E-state index is 12.3. The van der Waals surface area contributed by atoms with Gasteiger partial charge >= 0.3 is 6.61 Å². The molecule has 1 aliphatic heterocycles. The Bertz CT molecular complexity index is 830. The fourth-order valence-electron chi connectivity index (χ4n) is 2.29. The molecule has 0 saturated carbocycles. The van der Waals surface area contributed by atoms with Crippen molar-refractivity contribution in [2.75, 3.05) is 7.11 Å². The molecule has 124 valence electrons. The van der Waals surface area contributed by atoms with Crippen molar-refractivity contribution in [2.45, 2.75) is 6.61 Å². The molecule has 5 nitrogen and oxygen atoms in total. The average molecular weight is 334 g/mol. The van der Waals surface area contributed by atoms with Crippen LogP contribution >= 0.6 is 0 Å². The average Bonchev–Trinajstić information content (AvgIpc) is 2.83. The Labute approximate surface area is 135 Å². The van der Waals surface area contributed by atoms with Crippen LogP contribution in [0.3, 0.4) is 0 Å². The molecule has 0 aromatic heterocycles. The van der Waals surface area contributed by atoms with Gasteiger partial charge in [-0.15, -0.1) is 0 Å². The molecule has 24 heavy (non-hydrogen) atoms. The summed E-state index contributed by atoms with van der Waals surface area (Å²) in [6.45, 7) is -2.97. The number of alkyl halides is 2. The highest BCUT2D eigenvalue weighted by Crippen LogP contribution is 2.35. The molecule has 0 spiro atoms. The molecule has 0 bridgehead atoms. The topological polar surface area (TPSA) is 65.0 Å². The molecule has 0 amide bonds. The van der Waals surface area contributed by atoms with Crippen molar-refractivity contribution in [1.82, 2.24) is 0 Å². The zero-order chi connectivity index (χ0) is 17.3. The summed E-state index contributed by atoms with van der Waals surface area (Å²) in [7, 11) is 1.32. The van der Waals surface area contributed by atoms with Gasteiger partial charge in [0.15, 0.2) is 17.3 Å². The van der Waals surface area contributed by atoms with Crippen LogP contribution in [0.1, 0.15) is 15.9 Å². The van der Waals surface area contributed by atoms with E-state index in [1.165, 1.54) is 49.6 Å². The zero-order valence-corrected chi connectivity index (χ0v) is 12.5. The number of phenols is 1. The van der Waals surface area contributed by atoms with Crippen molar-refractivity contribution in [1.29, 1.82) is 0 Å². The molecule has 2 aromatic rings. The maximum absolute atomic E-state index is 12.3. The number of ketones is 1. The van der Waals surface area contributed by atoms with Crippen LogP contribution < -0.4 is 14.2 Å². The number of aromatic hydroxyl groups is 1. The Kier molecular flexibility index (Phi) is 4.07. The lowest BCUT2D eigenvalue weighted by molar-refractivity contribution is -0.0512. The molecular formula is C17H12F2O5. The molecule has 0 fully saturated rings. The molecule has 0 saturated heterocycles. The third kappa shape index (κ3) is 3.01. The number of fused-ring (bicyclic) bond motifs is 1. The van der Waals surface area contributed by atoms with Crippen LogP contribution in [0, 0.1) is 0 Å². The smallest absolute Gasteiger partial charge is 0.387 e. The maximum Gasteiger partial charge on any atom is 0.387 e. The van der Waals surface area contributed by atoms with E-state index in [0.717, 1.165) is 0 Å². The van der Waals surface area contributed by atoms with Crippen molar-refractivity contribution in [2.24, 2.45) is 0 Å². The summed E-state index contributed by atoms with van der Waals surface area (Å²) in [5.41, 5.74) is 0.845. The van der Waals surface area contributed by atoms with Gasteiger partial charge < -0.3 is 19.3 Å². The second-order valence-corrected chi connectivity index (χ2v) is 4.91. The molecule has 7 heteroatoms. The normalized spacial score (nSPS) is 14.7. The van der Waals surface area contributed by atoms with Crippen molar-refractivity contribution in [3.63, 3.8) is 0 Å². The number of ether oxygens (including phenoxy) is 3. The number of carbonyl (C=O) groups excluding carboxylic acids is 1. The Morgan fingerprint density at radius 2 is 1.96 bits per heavy atom. The Balaban J connectivity index is 1.91. The number of phenolic OH excluding ortho intramolecular Hbond substituents is 1. The van der Waals surface area contributed by atoms with Crippen molar-refractivity contribution >= 4 is 11.9 Å². The van der Waals surface area contributed by atoms with Crippen LogP contribution in [-0.2, 0) is 0 Å². The van der Waals surface area contributed by atoms with Crippen molar-refractivity contribution < 1.29 is 32.9 Å². The van der Waals surface area contributed by atoms with E-state index >= 15 is 0 Å². The highest BCUT2D eigenvalue weighted by molar-refractivity contribution is 6.14. The highest BCUT2D eigenvalue weighted by Gasteiger charge is 2.27. The summed E-state index contributed by atoms with van der Waals surface area (Å²) in [6, 6.07) is 8.45. The van der Waals surface area contributed by atoms with Gasteiger partial charge in [-0.3, -0.25) is 4.79 Å². The second-order valence-electron chi connectivity index (χ2n) is 4.91. The number of Topliss-reactive ketones (excluding diaryl/α,β-unsaturated/α-hetero) is 1. The van der Waals surface area contributed by atoms with Gasteiger partial charge in [0, 0.05) is 6.07 Å². The molecule has 0 aliphatic carbocycles. The largest absolute Gasteiger partial charge is 0.508 e. The van der Waals surface area contributed by atoms with E-state index < -0.39 is 6.61 Å². The Morgan fingerprint density at radius 1 is 1.17 bits per heavy atom. The fourth-order valence-corrected chi connectivity index (χ4v) is 2.29. The van der Waals surface area contributed by atoms with Gasteiger partial charge in [-0.2, -0.15) is 8.78 Å². The number of carbonyl (C=O) groups is 1. The minimum Gasteiger partial charge on any atom is -0.508 e. The van der Waals surface area contributed by atoms with Crippen LogP contribution in [0.5, 0.6) is 23.0 Å². The molecular weight excluding hydrogens is 322 g/mol. The molecule has 1 aliphatic rings. The van der Waals surface area contributed by atoms with E-state index in [-0.39, 0.29) is 34.5 Å². The summed E-state index contributed by atoms with van der Waals surface area (Å²) in [5.74, 6) is -0.0438. The first kappa shape index (κ1) is 15.8. The fraction of sp³-hybridized carbons (Fsp3) is 0.118. The van der Waals surface area contributed by atoms with Gasteiger partial charge in [0.1, 0.15) is 11.5 Å². The van der Waals surface area contributed by atoms with E-state index in [1.807, 2.05) is 0 Å². The minimum atomic E-state index is -2.97. The molecule has 1 N–H and O–H groups in total. The lowest BCUT2D eigenvalue weighted by atomic mass is 10.1. The number of halogens is 2. The number of benzene rings is 2. The quantitative estimate of drug-likeness (QED) is 0.865. The predicted octanol–water partition coefficient (Wildman–Crippen LogP) is 3.62. The minimum absolute atomic E-state index is 0.0158. The molecule has 0 atom stereocenters. The van der Waals surface area contributed by atoms with E-state index in [4.69, 9.17) is 9.47 Å². The number of allylic oxidation sites excluding steroid dienone is 1. The molecule has 2 aromatic carbocycles.